The van der Waals surface area contributed by atoms with Crippen molar-refractivity contribution < 1.29 is 69.2 Å². The van der Waals surface area contributed by atoms with Gasteiger partial charge in [-0.1, -0.05) is 0 Å². The van der Waals surface area contributed by atoms with E-state index in [9.17, 15) is 39.5 Å². The van der Waals surface area contributed by atoms with Crippen molar-refractivity contribution in [3.05, 3.63) is 0 Å². The molecule has 0 aromatic rings. The van der Waals surface area contributed by atoms with Crippen molar-refractivity contribution in [3.8, 4) is 0 Å². The summed E-state index contributed by atoms with van der Waals surface area (Å²) >= 11 is 9.53. The first-order valence-corrected chi connectivity index (χ1v) is 5.34. The fourth-order valence-electron chi connectivity index (χ4n) is 0. The molecule has 0 bridgehead atoms. The summed E-state index contributed by atoms with van der Waals surface area (Å²) in [6.45, 7) is 0. The number of hydrogen-bond acceptors (Lipinski definition) is 3. The second-order valence-electron chi connectivity index (χ2n) is 2.51. The summed E-state index contributed by atoms with van der Waals surface area (Å²) in [7, 11) is 0. The van der Waals surface area contributed by atoms with Gasteiger partial charge in [0.1, 0.15) is 0 Å². The van der Waals surface area contributed by atoms with Crippen molar-refractivity contribution in [2.24, 2.45) is 0 Å². The van der Waals surface area contributed by atoms with Gasteiger partial charge in [0.15, 0.2) is 0 Å². The van der Waals surface area contributed by atoms with Crippen LogP contribution in [0.3, 0.4) is 0 Å². The summed E-state index contributed by atoms with van der Waals surface area (Å²) in [4.78, 5) is 26.7. The molecule has 0 rings (SSSR count). The topological polar surface area (TPSA) is 112 Å². The summed E-state index contributed by atoms with van der Waals surface area (Å²) in [5, 5.41) is 21.6. The zero-order valence-corrected chi connectivity index (χ0v) is 11.9. The Balaban J connectivity index is -0.000000115. The van der Waals surface area contributed by atoms with Gasteiger partial charge in [-0.15, -0.1) is 23.2 Å². The summed E-state index contributed by atoms with van der Waals surface area (Å²) in [6.07, 6.45) is -15.3. The van der Waals surface area contributed by atoms with Crippen molar-refractivity contribution in [3.63, 3.8) is 0 Å². The monoisotopic (exact) mass is 426 g/mol. The normalized spacial score (nSPS) is 10.6. The van der Waals surface area contributed by atoms with Gasteiger partial charge < -0.3 is 15.3 Å². The molecule has 0 radical (unpaired) electrons. The van der Waals surface area contributed by atoms with Crippen molar-refractivity contribution in [1.29, 1.82) is 0 Å². The molecule has 0 aliphatic heterocycles. The van der Waals surface area contributed by atoms with Crippen LogP contribution in [0.4, 0.5) is 39.5 Å². The predicted molar refractivity (Wildman–Crippen MR) is 57.6 cm³/mol. The zero-order valence-electron chi connectivity index (χ0n) is 10.4. The lowest BCUT2D eigenvalue weighted by Gasteiger charge is -1.93. The first kappa shape index (κ1) is 30.3. The lowest BCUT2D eigenvalue weighted by atomic mass is 10.7. The Bertz CT molecular complexity index is 332. The summed E-state index contributed by atoms with van der Waals surface area (Å²) in [6, 6.07) is 0. The quantitative estimate of drug-likeness (QED) is 0.404. The number of rotatable bonds is 0. The molecule has 0 amide bonds. The van der Waals surface area contributed by atoms with Crippen LogP contribution in [0.25, 0.3) is 0 Å². The van der Waals surface area contributed by atoms with Gasteiger partial charge in [0.25, 0.3) is 0 Å². The maximum absolute atomic E-state index is 10.6. The molecule has 0 atom stereocenters. The van der Waals surface area contributed by atoms with Gasteiger partial charge in [0.05, 0.1) is 5.34 Å². The predicted octanol–water partition coefficient (Wildman–Crippen LogP) is 3.32. The van der Waals surface area contributed by atoms with Gasteiger partial charge in [0, 0.05) is 0 Å². The third kappa shape index (κ3) is 28.5. The minimum atomic E-state index is -5.08. The smallest absolute Gasteiger partial charge is 0.475 e. The minimum Gasteiger partial charge on any atom is -0.475 e. The Labute approximate surface area is 135 Å². The van der Waals surface area contributed by atoms with E-state index in [1.807, 2.05) is 0 Å². The molecule has 24 heavy (non-hydrogen) atoms. The van der Waals surface area contributed by atoms with Crippen LogP contribution in [-0.2, 0) is 14.4 Å². The molecule has 0 spiro atoms. The Morgan fingerprint density at radius 3 is 0.625 bits per heavy atom. The molecule has 6 nitrogen and oxygen atoms in total. The lowest BCUT2D eigenvalue weighted by molar-refractivity contribution is -0.193. The molecule has 0 saturated heterocycles. The van der Waals surface area contributed by atoms with Gasteiger partial charge >= 0.3 is 36.4 Å². The SMILES string of the molecule is ClCCl.O=C(O)C(F)(F)F.O=C(O)C(F)(F)F.O=C(O)C(F)(F)F. The van der Waals surface area contributed by atoms with Crippen LogP contribution in [0.5, 0.6) is 0 Å². The second kappa shape index (κ2) is 12.7. The fourth-order valence-corrected chi connectivity index (χ4v) is 0. The van der Waals surface area contributed by atoms with Crippen molar-refractivity contribution in [2.45, 2.75) is 18.5 Å². The third-order valence-electron chi connectivity index (χ3n) is 0.728. The number of carbonyl (C=O) groups is 3. The number of halogens is 11. The Kier molecular flexibility index (Phi) is 16.1. The van der Waals surface area contributed by atoms with Gasteiger partial charge in [-0.2, -0.15) is 39.5 Å². The molecule has 0 fully saturated rings. The number of carboxylic acids is 3. The molecule has 0 aromatic carbocycles. The van der Waals surface area contributed by atoms with Gasteiger partial charge in [-0.05, 0) is 0 Å². The van der Waals surface area contributed by atoms with Crippen LogP contribution < -0.4 is 0 Å². The Morgan fingerprint density at radius 2 is 0.625 bits per heavy atom. The first-order chi connectivity index (χ1) is 10.2. The highest BCUT2D eigenvalue weighted by Gasteiger charge is 2.39. The zero-order chi connectivity index (χ0) is 20.9. The molecule has 0 heterocycles. The molecule has 146 valence electrons. The van der Waals surface area contributed by atoms with E-state index in [-0.39, 0.29) is 5.34 Å². The summed E-state index contributed by atoms with van der Waals surface area (Å²) in [5.74, 6) is -8.27. The molecule has 17 heteroatoms. The number of hydrogen-bond donors (Lipinski definition) is 3. The standard InChI is InChI=1S/3C2HF3O2.CH2Cl2/c3*3-2(4,5)1(6)7;2-1-3/h3*(H,6,7);1H2. The van der Waals surface area contributed by atoms with E-state index >= 15 is 0 Å². The third-order valence-corrected chi connectivity index (χ3v) is 0.728. The molecule has 0 unspecified atom stereocenters. The Hall–Kier alpha value is -1.64. The summed E-state index contributed by atoms with van der Waals surface area (Å²) in [5.41, 5.74) is 0. The molecule has 0 aromatic heterocycles. The molecule has 0 aliphatic rings. The van der Waals surface area contributed by atoms with Gasteiger partial charge in [0.2, 0.25) is 0 Å². The molecule has 0 saturated carbocycles. The van der Waals surface area contributed by atoms with Crippen LogP contribution in [0.15, 0.2) is 0 Å². The summed E-state index contributed by atoms with van der Waals surface area (Å²) < 4.78 is 95.2. The van der Waals surface area contributed by atoms with Crippen molar-refractivity contribution in [2.75, 3.05) is 5.34 Å². The van der Waals surface area contributed by atoms with Crippen LogP contribution in [-0.4, -0.2) is 57.1 Å². The van der Waals surface area contributed by atoms with Crippen molar-refractivity contribution in [1.82, 2.24) is 0 Å². The maximum atomic E-state index is 10.6. The maximum Gasteiger partial charge on any atom is 0.490 e. The van der Waals surface area contributed by atoms with E-state index in [0.29, 0.717) is 0 Å². The molecular weight excluding hydrogens is 422 g/mol. The number of carboxylic acid groups (broad SMARTS) is 3. The molecule has 0 aliphatic carbocycles. The fraction of sp³-hybridized carbons (Fsp3) is 0.571. The average molecular weight is 427 g/mol. The van der Waals surface area contributed by atoms with Crippen LogP contribution in [0, 0.1) is 0 Å². The highest BCUT2D eigenvalue weighted by atomic mass is 35.5. The van der Waals surface area contributed by atoms with E-state index in [1.165, 1.54) is 0 Å². The van der Waals surface area contributed by atoms with Crippen molar-refractivity contribution >= 4 is 41.1 Å². The van der Waals surface area contributed by atoms with Gasteiger partial charge in [-0.3, -0.25) is 0 Å². The minimum absolute atomic E-state index is 0.194. The van der Waals surface area contributed by atoms with E-state index in [1.54, 1.807) is 0 Å². The average Bonchev–Trinajstić information content (AvgIpc) is 2.27. The van der Waals surface area contributed by atoms with Crippen LogP contribution in [0.2, 0.25) is 0 Å². The first-order valence-electron chi connectivity index (χ1n) is 4.27. The molecular formula is C7H5Cl2F9O6. The van der Waals surface area contributed by atoms with Crippen LogP contribution >= 0.6 is 23.2 Å². The van der Waals surface area contributed by atoms with Gasteiger partial charge in [-0.25, -0.2) is 14.4 Å². The highest BCUT2D eigenvalue weighted by molar-refractivity contribution is 6.40. The number of alkyl halides is 11. The Morgan fingerprint density at radius 1 is 0.583 bits per heavy atom. The second-order valence-corrected chi connectivity index (χ2v) is 3.32. The lowest BCUT2D eigenvalue weighted by Crippen LogP contribution is -2.21. The highest BCUT2D eigenvalue weighted by Crippen LogP contribution is 2.14. The van der Waals surface area contributed by atoms with E-state index in [2.05, 4.69) is 0 Å². The largest absolute Gasteiger partial charge is 0.490 e. The molecule has 3 N–H and O–H groups in total. The number of aliphatic carboxylic acids is 3. The van der Waals surface area contributed by atoms with E-state index in [0.717, 1.165) is 0 Å². The van der Waals surface area contributed by atoms with Crippen LogP contribution in [0.1, 0.15) is 0 Å². The van der Waals surface area contributed by atoms with E-state index < -0.39 is 36.4 Å². The van der Waals surface area contributed by atoms with E-state index in [4.69, 9.17) is 52.9 Å².